The molecule has 0 saturated carbocycles. The maximum atomic E-state index is 13.9. The molecule has 2 aromatic heterocycles. The van der Waals surface area contributed by atoms with Gasteiger partial charge in [0.15, 0.2) is 4.96 Å². The number of thiazole rings is 1. The molecule has 0 radical (unpaired) electrons. The number of anilines is 1. The van der Waals surface area contributed by atoms with Crippen LogP contribution in [0.15, 0.2) is 23.6 Å². The summed E-state index contributed by atoms with van der Waals surface area (Å²) in [6.45, 7) is 4.45. The summed E-state index contributed by atoms with van der Waals surface area (Å²) in [5.74, 6) is -0.422. The van der Waals surface area contributed by atoms with E-state index in [1.807, 2.05) is 25.3 Å². The van der Waals surface area contributed by atoms with Crippen LogP contribution >= 0.6 is 11.3 Å². The molecule has 1 aromatic carbocycles. The van der Waals surface area contributed by atoms with Crippen LogP contribution in [0, 0.1) is 31.0 Å². The highest BCUT2D eigenvalue weighted by molar-refractivity contribution is 7.15. The Morgan fingerprint density at radius 2 is 2.24 bits per heavy atom. The third-order valence-corrected chi connectivity index (χ3v) is 4.32. The maximum Gasteiger partial charge on any atom is 0.194 e. The average molecular weight is 300 g/mol. The number of benzene rings is 1. The molecule has 0 aliphatic carbocycles. The summed E-state index contributed by atoms with van der Waals surface area (Å²) in [4.78, 5) is 5.45. The molecule has 0 aliphatic heterocycles. The quantitative estimate of drug-likeness (QED) is 0.803. The molecule has 6 heteroatoms. The van der Waals surface area contributed by atoms with Crippen molar-refractivity contribution in [3.63, 3.8) is 0 Å². The number of aromatic nitrogens is 2. The Hall–Kier alpha value is -2.39. The second-order valence-corrected chi connectivity index (χ2v) is 5.64. The van der Waals surface area contributed by atoms with Gasteiger partial charge in [-0.2, -0.15) is 5.26 Å². The van der Waals surface area contributed by atoms with Gasteiger partial charge in [0, 0.05) is 11.1 Å². The second-order valence-electron chi connectivity index (χ2n) is 4.80. The first kappa shape index (κ1) is 13.6. The van der Waals surface area contributed by atoms with Crippen molar-refractivity contribution in [2.75, 3.05) is 5.32 Å². The van der Waals surface area contributed by atoms with Crippen LogP contribution < -0.4 is 5.32 Å². The molecule has 1 N–H and O–H groups in total. The maximum absolute atomic E-state index is 13.9. The van der Waals surface area contributed by atoms with Gasteiger partial charge in [-0.1, -0.05) is 0 Å². The van der Waals surface area contributed by atoms with E-state index in [0.717, 1.165) is 22.0 Å². The Labute approximate surface area is 125 Å². The van der Waals surface area contributed by atoms with E-state index in [0.29, 0.717) is 17.8 Å². The van der Waals surface area contributed by atoms with Gasteiger partial charge in [-0.05, 0) is 32.0 Å². The summed E-state index contributed by atoms with van der Waals surface area (Å²) in [7, 11) is 0. The summed E-state index contributed by atoms with van der Waals surface area (Å²) < 4.78 is 15.9. The number of nitriles is 1. The lowest BCUT2D eigenvalue weighted by Gasteiger charge is -2.08. The smallest absolute Gasteiger partial charge is 0.194 e. The van der Waals surface area contributed by atoms with Crippen molar-refractivity contribution >= 4 is 22.0 Å². The molecule has 21 heavy (non-hydrogen) atoms. The van der Waals surface area contributed by atoms with E-state index in [1.165, 1.54) is 6.07 Å². The number of halogens is 1. The van der Waals surface area contributed by atoms with Crippen molar-refractivity contribution in [3.8, 4) is 6.07 Å². The van der Waals surface area contributed by atoms with Crippen LogP contribution in [-0.2, 0) is 6.54 Å². The van der Waals surface area contributed by atoms with E-state index in [1.54, 1.807) is 23.5 Å². The van der Waals surface area contributed by atoms with Gasteiger partial charge in [-0.15, -0.1) is 11.3 Å². The first-order valence-electron chi connectivity index (χ1n) is 6.45. The van der Waals surface area contributed by atoms with Gasteiger partial charge < -0.3 is 5.32 Å². The zero-order chi connectivity index (χ0) is 15.0. The SMILES string of the molecule is Cc1nc2scc(C)n2c1CNc1ccc(C#N)cc1F. The predicted octanol–water partition coefficient (Wildman–Crippen LogP) is 3.64. The van der Waals surface area contributed by atoms with Crippen LogP contribution in [-0.4, -0.2) is 9.38 Å². The van der Waals surface area contributed by atoms with Crippen molar-refractivity contribution in [2.24, 2.45) is 0 Å². The van der Waals surface area contributed by atoms with Crippen molar-refractivity contribution < 1.29 is 4.39 Å². The first-order chi connectivity index (χ1) is 10.1. The van der Waals surface area contributed by atoms with E-state index < -0.39 is 5.82 Å². The summed E-state index contributed by atoms with van der Waals surface area (Å²) in [5, 5.41) is 13.9. The van der Waals surface area contributed by atoms with Gasteiger partial charge in [0.2, 0.25) is 0 Å². The van der Waals surface area contributed by atoms with Crippen LogP contribution in [0.25, 0.3) is 4.96 Å². The summed E-state index contributed by atoms with van der Waals surface area (Å²) in [6, 6.07) is 6.34. The normalized spacial score (nSPS) is 10.8. The van der Waals surface area contributed by atoms with Crippen molar-refractivity contribution in [2.45, 2.75) is 20.4 Å². The zero-order valence-electron chi connectivity index (χ0n) is 11.6. The molecule has 4 nitrogen and oxygen atoms in total. The Kier molecular flexibility index (Phi) is 3.35. The molecular weight excluding hydrogens is 287 g/mol. The Morgan fingerprint density at radius 1 is 1.43 bits per heavy atom. The molecule has 3 rings (SSSR count). The largest absolute Gasteiger partial charge is 0.377 e. The first-order valence-corrected chi connectivity index (χ1v) is 7.33. The van der Waals surface area contributed by atoms with E-state index in [4.69, 9.17) is 5.26 Å². The number of nitrogens with one attached hydrogen (secondary N) is 1. The predicted molar refractivity (Wildman–Crippen MR) is 81.0 cm³/mol. The molecule has 0 saturated heterocycles. The van der Waals surface area contributed by atoms with Gasteiger partial charge in [0.25, 0.3) is 0 Å². The van der Waals surface area contributed by atoms with Gasteiger partial charge >= 0.3 is 0 Å². The highest BCUT2D eigenvalue weighted by Gasteiger charge is 2.12. The van der Waals surface area contributed by atoms with Crippen LogP contribution in [0.5, 0.6) is 0 Å². The number of fused-ring (bicyclic) bond motifs is 1. The molecular formula is C15H13FN4S. The zero-order valence-corrected chi connectivity index (χ0v) is 12.5. The fraction of sp³-hybridized carbons (Fsp3) is 0.200. The van der Waals surface area contributed by atoms with Gasteiger partial charge in [-0.3, -0.25) is 4.40 Å². The fourth-order valence-electron chi connectivity index (χ4n) is 2.28. The number of nitrogens with zero attached hydrogens (tertiary/aromatic N) is 3. The van der Waals surface area contributed by atoms with Gasteiger partial charge in [-0.25, -0.2) is 9.37 Å². The Bertz CT molecular complexity index is 857. The molecule has 3 aromatic rings. The third-order valence-electron chi connectivity index (χ3n) is 3.37. The van der Waals surface area contributed by atoms with E-state index >= 15 is 0 Å². The number of aryl methyl sites for hydroxylation is 2. The summed E-state index contributed by atoms with van der Waals surface area (Å²) in [6.07, 6.45) is 0. The fourth-order valence-corrected chi connectivity index (χ4v) is 3.21. The van der Waals surface area contributed by atoms with Crippen molar-refractivity contribution in [1.29, 1.82) is 5.26 Å². The minimum atomic E-state index is -0.422. The van der Waals surface area contributed by atoms with Crippen molar-refractivity contribution in [1.82, 2.24) is 9.38 Å². The molecule has 0 aliphatic rings. The van der Waals surface area contributed by atoms with E-state index in [2.05, 4.69) is 14.7 Å². The van der Waals surface area contributed by atoms with Crippen molar-refractivity contribution in [3.05, 3.63) is 52.0 Å². The van der Waals surface area contributed by atoms with Crippen LogP contribution in [0.3, 0.4) is 0 Å². The number of rotatable bonds is 3. The van der Waals surface area contributed by atoms with Gasteiger partial charge in [0.1, 0.15) is 5.82 Å². The van der Waals surface area contributed by atoms with E-state index in [-0.39, 0.29) is 0 Å². The average Bonchev–Trinajstić information content (AvgIpc) is 2.97. The Morgan fingerprint density at radius 3 is 2.95 bits per heavy atom. The van der Waals surface area contributed by atoms with Gasteiger partial charge in [0.05, 0.1) is 35.3 Å². The van der Waals surface area contributed by atoms with Crippen LogP contribution in [0.1, 0.15) is 22.6 Å². The lowest BCUT2D eigenvalue weighted by Crippen LogP contribution is -2.06. The van der Waals surface area contributed by atoms with Crippen LogP contribution in [0.2, 0.25) is 0 Å². The molecule has 0 atom stereocenters. The summed E-state index contributed by atoms with van der Waals surface area (Å²) >= 11 is 1.59. The molecule has 0 fully saturated rings. The second kappa shape index (κ2) is 5.19. The minimum Gasteiger partial charge on any atom is -0.377 e. The molecule has 0 spiro atoms. The standard InChI is InChI=1S/C15H13FN4S/c1-9-8-21-15-19-10(2)14(20(9)15)7-18-13-4-3-11(6-17)5-12(13)16/h3-5,8,18H,7H2,1-2H3. The molecule has 0 amide bonds. The monoisotopic (exact) mass is 300 g/mol. The summed E-state index contributed by atoms with van der Waals surface area (Å²) in [5.41, 5.74) is 3.78. The molecule has 0 unspecified atom stereocenters. The molecule has 2 heterocycles. The highest BCUT2D eigenvalue weighted by Crippen LogP contribution is 2.22. The lowest BCUT2D eigenvalue weighted by atomic mass is 10.2. The third kappa shape index (κ3) is 2.36. The number of imidazole rings is 1. The van der Waals surface area contributed by atoms with Crippen LogP contribution in [0.4, 0.5) is 10.1 Å². The minimum absolute atomic E-state index is 0.314. The Balaban J connectivity index is 1.88. The molecule has 106 valence electrons. The topological polar surface area (TPSA) is 53.1 Å². The molecule has 0 bridgehead atoms. The highest BCUT2D eigenvalue weighted by atomic mass is 32.1. The van der Waals surface area contributed by atoms with E-state index in [9.17, 15) is 4.39 Å². The number of hydrogen-bond donors (Lipinski definition) is 1. The lowest BCUT2D eigenvalue weighted by molar-refractivity contribution is 0.629. The number of hydrogen-bond acceptors (Lipinski definition) is 4.